The molecule has 0 rings (SSSR count). The molecule has 0 aromatic heterocycles. The SMILES string of the molecule is CCCCCCCCCCCCCOC(=O)C[C@H](C[N+](C)(C)C)OC(=O)CC(C)C. The molecule has 5 nitrogen and oxygen atoms in total. The van der Waals surface area contributed by atoms with E-state index < -0.39 is 6.10 Å². The number of quaternary nitrogens is 1. The highest BCUT2D eigenvalue weighted by atomic mass is 16.6. The molecule has 30 heavy (non-hydrogen) atoms. The third-order valence-electron chi connectivity index (χ3n) is 5.03. The molecule has 0 saturated heterocycles. The Balaban J connectivity index is 3.91. The van der Waals surface area contributed by atoms with Gasteiger partial charge in [-0.15, -0.1) is 0 Å². The van der Waals surface area contributed by atoms with Gasteiger partial charge in [0.25, 0.3) is 0 Å². The van der Waals surface area contributed by atoms with Crippen molar-refractivity contribution in [2.45, 2.75) is 110 Å². The van der Waals surface area contributed by atoms with Crippen LogP contribution in [0.1, 0.15) is 104 Å². The second-order valence-corrected chi connectivity index (χ2v) is 10.1. The first-order valence-electron chi connectivity index (χ1n) is 12.3. The number of carbonyl (C=O) groups is 2. The van der Waals surface area contributed by atoms with Gasteiger partial charge in [0, 0.05) is 6.42 Å². The van der Waals surface area contributed by atoms with Crippen LogP contribution in [-0.2, 0) is 19.1 Å². The minimum Gasteiger partial charge on any atom is -0.466 e. The molecule has 5 heteroatoms. The molecule has 0 N–H and O–H groups in total. The highest BCUT2D eigenvalue weighted by Crippen LogP contribution is 2.12. The summed E-state index contributed by atoms with van der Waals surface area (Å²) in [4.78, 5) is 24.2. The van der Waals surface area contributed by atoms with Gasteiger partial charge < -0.3 is 14.0 Å². The Morgan fingerprint density at radius 1 is 0.733 bits per heavy atom. The van der Waals surface area contributed by atoms with Gasteiger partial charge in [-0.3, -0.25) is 9.59 Å². The van der Waals surface area contributed by atoms with Crippen LogP contribution in [0.4, 0.5) is 0 Å². The molecule has 178 valence electrons. The van der Waals surface area contributed by atoms with Crippen LogP contribution in [0.15, 0.2) is 0 Å². The first-order valence-corrected chi connectivity index (χ1v) is 12.3. The number of esters is 2. The van der Waals surface area contributed by atoms with Crippen molar-refractivity contribution in [1.82, 2.24) is 0 Å². The first-order chi connectivity index (χ1) is 14.1. The lowest BCUT2D eigenvalue weighted by molar-refractivity contribution is -0.873. The summed E-state index contributed by atoms with van der Waals surface area (Å²) in [5.74, 6) is -0.255. The molecule has 0 radical (unpaired) electrons. The highest BCUT2D eigenvalue weighted by Gasteiger charge is 2.25. The van der Waals surface area contributed by atoms with Crippen LogP contribution in [0.5, 0.6) is 0 Å². The molecular weight excluding hydrogens is 378 g/mol. The Bertz CT molecular complexity index is 443. The summed E-state index contributed by atoms with van der Waals surface area (Å²) >= 11 is 0. The zero-order valence-corrected chi connectivity index (χ0v) is 20.8. The summed E-state index contributed by atoms with van der Waals surface area (Å²) in [7, 11) is 6.08. The molecule has 0 saturated carbocycles. The highest BCUT2D eigenvalue weighted by molar-refractivity contribution is 5.72. The van der Waals surface area contributed by atoms with Crippen LogP contribution >= 0.6 is 0 Å². The van der Waals surface area contributed by atoms with Gasteiger partial charge in [-0.2, -0.15) is 0 Å². The molecule has 1 atom stereocenters. The van der Waals surface area contributed by atoms with E-state index >= 15 is 0 Å². The van der Waals surface area contributed by atoms with E-state index in [-0.39, 0.29) is 24.3 Å². The van der Waals surface area contributed by atoms with Gasteiger partial charge in [-0.25, -0.2) is 0 Å². The molecule has 0 bridgehead atoms. The number of hydrogen-bond donors (Lipinski definition) is 0. The summed E-state index contributed by atoms with van der Waals surface area (Å²) in [5, 5.41) is 0. The average molecular weight is 429 g/mol. The van der Waals surface area contributed by atoms with Crippen molar-refractivity contribution in [3.63, 3.8) is 0 Å². The summed E-state index contributed by atoms with van der Waals surface area (Å²) in [6, 6.07) is 0. The van der Waals surface area contributed by atoms with Gasteiger partial charge in [0.15, 0.2) is 6.10 Å². The van der Waals surface area contributed by atoms with Crippen molar-refractivity contribution >= 4 is 11.9 Å². The normalized spacial score (nSPS) is 12.8. The largest absolute Gasteiger partial charge is 0.466 e. The minimum absolute atomic E-state index is 0.136. The fraction of sp³-hybridized carbons (Fsp3) is 0.920. The Kier molecular flexibility index (Phi) is 16.9. The Hall–Kier alpha value is -1.10. The van der Waals surface area contributed by atoms with Crippen molar-refractivity contribution in [2.75, 3.05) is 34.3 Å². The number of nitrogens with zero attached hydrogens (tertiary/aromatic N) is 1. The van der Waals surface area contributed by atoms with Crippen molar-refractivity contribution in [1.29, 1.82) is 0 Å². The van der Waals surface area contributed by atoms with Gasteiger partial charge in [0.2, 0.25) is 0 Å². The third kappa shape index (κ3) is 20.2. The molecule has 0 heterocycles. The fourth-order valence-corrected chi connectivity index (χ4v) is 3.52. The van der Waals surface area contributed by atoms with Gasteiger partial charge in [-0.1, -0.05) is 85.0 Å². The molecule has 0 aromatic rings. The summed E-state index contributed by atoms with van der Waals surface area (Å²) < 4.78 is 11.6. The maximum absolute atomic E-state index is 12.2. The van der Waals surface area contributed by atoms with Crippen LogP contribution in [0.2, 0.25) is 0 Å². The molecule has 0 aromatic carbocycles. The van der Waals surface area contributed by atoms with Crippen molar-refractivity contribution in [3.05, 3.63) is 0 Å². The Morgan fingerprint density at radius 3 is 1.70 bits per heavy atom. The molecule has 0 amide bonds. The molecule has 0 aliphatic rings. The number of carbonyl (C=O) groups excluding carboxylic acids is 2. The second-order valence-electron chi connectivity index (χ2n) is 10.1. The standard InChI is InChI=1S/C25H50NO4/c1-7-8-9-10-11-12-13-14-15-16-17-18-29-24(27)20-23(21-26(4,5)6)30-25(28)19-22(2)3/h22-23H,7-21H2,1-6H3/q+1/t23-/m1/s1. The maximum atomic E-state index is 12.2. The predicted octanol–water partition coefficient (Wildman–Crippen LogP) is 5.89. The van der Waals surface area contributed by atoms with E-state index in [4.69, 9.17) is 9.47 Å². The third-order valence-corrected chi connectivity index (χ3v) is 5.03. The van der Waals surface area contributed by atoms with Gasteiger partial charge in [0.05, 0.1) is 34.2 Å². The zero-order chi connectivity index (χ0) is 22.8. The number of ether oxygens (including phenoxy) is 2. The Labute approximate surface area is 186 Å². The number of rotatable bonds is 19. The lowest BCUT2D eigenvalue weighted by atomic mass is 10.1. The average Bonchev–Trinajstić information content (AvgIpc) is 2.60. The van der Waals surface area contributed by atoms with E-state index in [0.717, 1.165) is 12.8 Å². The van der Waals surface area contributed by atoms with Gasteiger partial charge in [-0.05, 0) is 12.3 Å². The summed E-state index contributed by atoms with van der Waals surface area (Å²) in [6.07, 6.45) is 14.1. The van der Waals surface area contributed by atoms with E-state index in [0.29, 0.717) is 24.1 Å². The van der Waals surface area contributed by atoms with Crippen LogP contribution in [0.3, 0.4) is 0 Å². The monoisotopic (exact) mass is 428 g/mol. The van der Waals surface area contributed by atoms with Crippen LogP contribution in [0.25, 0.3) is 0 Å². The number of likely N-dealkylation sites (N-methyl/N-ethyl adjacent to an activating group) is 1. The van der Waals surface area contributed by atoms with E-state index in [9.17, 15) is 9.59 Å². The first kappa shape index (κ1) is 28.9. The van der Waals surface area contributed by atoms with Crippen molar-refractivity contribution < 1.29 is 23.5 Å². The summed E-state index contributed by atoms with van der Waals surface area (Å²) in [5.41, 5.74) is 0. The number of unbranched alkanes of at least 4 members (excludes halogenated alkanes) is 10. The van der Waals surface area contributed by atoms with Crippen molar-refractivity contribution in [2.24, 2.45) is 5.92 Å². The minimum atomic E-state index is -0.430. The van der Waals surface area contributed by atoms with Gasteiger partial charge >= 0.3 is 11.9 Å². The van der Waals surface area contributed by atoms with Crippen LogP contribution < -0.4 is 0 Å². The molecular formula is C25H50NO4+. The van der Waals surface area contributed by atoms with Crippen molar-refractivity contribution in [3.8, 4) is 0 Å². The van der Waals surface area contributed by atoms with E-state index in [1.807, 2.05) is 35.0 Å². The van der Waals surface area contributed by atoms with Crippen LogP contribution in [-0.4, -0.2) is 56.8 Å². The molecule has 0 unspecified atom stereocenters. The van der Waals surface area contributed by atoms with E-state index in [1.54, 1.807) is 0 Å². The molecule has 0 aliphatic heterocycles. The fourth-order valence-electron chi connectivity index (χ4n) is 3.52. The molecule has 0 aliphatic carbocycles. The lowest BCUT2D eigenvalue weighted by Crippen LogP contribution is -2.44. The quantitative estimate of drug-likeness (QED) is 0.146. The molecule has 0 fully saturated rings. The second kappa shape index (κ2) is 17.6. The lowest BCUT2D eigenvalue weighted by Gasteiger charge is -2.28. The van der Waals surface area contributed by atoms with E-state index in [2.05, 4.69) is 6.92 Å². The topological polar surface area (TPSA) is 52.6 Å². The smallest absolute Gasteiger partial charge is 0.309 e. The predicted molar refractivity (Wildman–Crippen MR) is 124 cm³/mol. The molecule has 0 spiro atoms. The van der Waals surface area contributed by atoms with Gasteiger partial charge in [0.1, 0.15) is 6.54 Å². The zero-order valence-electron chi connectivity index (χ0n) is 20.8. The maximum Gasteiger partial charge on any atom is 0.309 e. The number of hydrogen-bond acceptors (Lipinski definition) is 4. The van der Waals surface area contributed by atoms with Crippen LogP contribution in [0, 0.1) is 5.92 Å². The Morgan fingerprint density at radius 2 is 1.23 bits per heavy atom. The van der Waals surface area contributed by atoms with E-state index in [1.165, 1.54) is 57.8 Å². The summed E-state index contributed by atoms with van der Waals surface area (Å²) in [6.45, 7) is 7.28.